The van der Waals surface area contributed by atoms with Crippen LogP contribution in [0.25, 0.3) is 0 Å². The number of alkyl halides is 3. The Kier molecular flexibility index (Phi) is 7.90. The molecule has 0 aliphatic carbocycles. The highest BCUT2D eigenvalue weighted by molar-refractivity contribution is 6.76. The van der Waals surface area contributed by atoms with E-state index in [2.05, 4.69) is 18.5 Å². The molecule has 2 nitrogen and oxygen atoms in total. The Morgan fingerprint density at radius 2 is 1.94 bits per heavy atom. The fourth-order valence-corrected chi connectivity index (χ4v) is 1.32. The van der Waals surface area contributed by atoms with Crippen molar-refractivity contribution in [1.82, 2.24) is 5.32 Å². The molecule has 0 aromatic carbocycles. The summed E-state index contributed by atoms with van der Waals surface area (Å²) in [6, 6.07) is -0.159. The molecule has 0 saturated heterocycles. The van der Waals surface area contributed by atoms with Crippen molar-refractivity contribution >= 4 is 40.7 Å². The predicted molar refractivity (Wildman–Crippen MR) is 71.1 cm³/mol. The van der Waals surface area contributed by atoms with E-state index >= 15 is 0 Å². The van der Waals surface area contributed by atoms with Gasteiger partial charge in [0, 0.05) is 6.04 Å². The van der Waals surface area contributed by atoms with E-state index in [-0.39, 0.29) is 6.04 Å². The Labute approximate surface area is 112 Å². The lowest BCUT2D eigenvalue weighted by Gasteiger charge is -2.17. The van der Waals surface area contributed by atoms with Crippen molar-refractivity contribution in [1.29, 1.82) is 0 Å². The van der Waals surface area contributed by atoms with Crippen molar-refractivity contribution in [3.63, 3.8) is 0 Å². The van der Waals surface area contributed by atoms with Gasteiger partial charge in [-0.1, -0.05) is 53.4 Å². The molecule has 0 spiro atoms. The van der Waals surface area contributed by atoms with Crippen molar-refractivity contribution in [2.75, 3.05) is 0 Å². The van der Waals surface area contributed by atoms with Crippen molar-refractivity contribution in [2.45, 2.75) is 35.5 Å². The third-order valence-corrected chi connectivity index (χ3v) is 2.55. The Balaban J connectivity index is 3.96. The summed E-state index contributed by atoms with van der Waals surface area (Å²) in [5.74, 6) is -0.619. The van der Waals surface area contributed by atoms with Gasteiger partial charge in [0.15, 0.2) is 0 Å². The number of rotatable bonds is 7. The first-order valence-electron chi connectivity index (χ1n) is 5.03. The Hall–Kier alpha value is -0.180. The van der Waals surface area contributed by atoms with Crippen LogP contribution in [0.1, 0.15) is 25.7 Å². The summed E-state index contributed by atoms with van der Waals surface area (Å²) < 4.78 is -1.91. The van der Waals surface area contributed by atoms with Gasteiger partial charge in [0.2, 0.25) is 0 Å². The highest BCUT2D eigenvalue weighted by Crippen LogP contribution is 2.26. The van der Waals surface area contributed by atoms with Crippen molar-refractivity contribution in [3.05, 3.63) is 25.3 Å². The first-order valence-corrected chi connectivity index (χ1v) is 6.16. The highest BCUT2D eigenvalue weighted by atomic mass is 35.6. The van der Waals surface area contributed by atoms with Crippen LogP contribution >= 0.6 is 34.8 Å². The molecule has 0 radical (unpaired) electrons. The number of hydrogen-bond acceptors (Lipinski definition) is 1. The van der Waals surface area contributed by atoms with E-state index in [0.29, 0.717) is 0 Å². The molecule has 5 heteroatoms. The van der Waals surface area contributed by atoms with Gasteiger partial charge in [-0.2, -0.15) is 0 Å². The molecule has 0 heterocycles. The van der Waals surface area contributed by atoms with Gasteiger partial charge in [0.05, 0.1) is 0 Å². The van der Waals surface area contributed by atoms with Gasteiger partial charge in [-0.25, -0.2) is 0 Å². The first kappa shape index (κ1) is 15.8. The zero-order valence-electron chi connectivity index (χ0n) is 9.02. The summed E-state index contributed by atoms with van der Waals surface area (Å²) >= 11 is 16.3. The molecule has 0 fully saturated rings. The number of carbonyl (C=O) groups excluding carboxylic acids is 1. The number of nitrogens with one attached hydrogen (secondary N) is 1. The summed E-state index contributed by atoms with van der Waals surface area (Å²) in [5, 5.41) is 2.60. The van der Waals surface area contributed by atoms with Gasteiger partial charge < -0.3 is 5.32 Å². The number of allylic oxidation sites excluding steroid dienone is 1. The molecule has 16 heavy (non-hydrogen) atoms. The van der Waals surface area contributed by atoms with Crippen LogP contribution in [-0.2, 0) is 4.79 Å². The maximum atomic E-state index is 11.4. The molecular formula is C11H16Cl3NO. The molecule has 92 valence electrons. The zero-order chi connectivity index (χ0) is 12.6. The topological polar surface area (TPSA) is 29.1 Å². The molecule has 1 amide bonds. The maximum absolute atomic E-state index is 11.4. The maximum Gasteiger partial charge on any atom is 0.272 e. The first-order chi connectivity index (χ1) is 7.41. The van der Waals surface area contributed by atoms with Crippen molar-refractivity contribution in [2.24, 2.45) is 0 Å². The van der Waals surface area contributed by atoms with E-state index in [1.54, 1.807) is 6.08 Å². The summed E-state index contributed by atoms with van der Waals surface area (Å²) in [6.07, 6.45) is 7.23. The van der Waals surface area contributed by atoms with Crippen LogP contribution < -0.4 is 5.32 Å². The molecule has 0 bridgehead atoms. The molecule has 1 unspecified atom stereocenters. The molecular weight excluding hydrogens is 268 g/mol. The predicted octanol–water partition coefficient (Wildman–Crippen LogP) is 3.77. The fraction of sp³-hybridized carbons (Fsp3) is 0.545. The van der Waals surface area contributed by atoms with Crippen LogP contribution in [0.15, 0.2) is 25.3 Å². The van der Waals surface area contributed by atoms with Crippen LogP contribution in [0, 0.1) is 0 Å². The summed E-state index contributed by atoms with van der Waals surface area (Å²) in [4.78, 5) is 11.4. The molecule has 1 atom stereocenters. The summed E-state index contributed by atoms with van der Waals surface area (Å²) in [7, 11) is 0. The lowest BCUT2D eigenvalue weighted by atomic mass is 10.1. The standard InChI is InChI=1S/C11H16Cl3NO/c1-3-5-6-7-8-9(4-2)15-10(16)11(12,13)14/h3-4,9H,1-2,5-8H2,(H,15,16). The summed E-state index contributed by atoms with van der Waals surface area (Å²) in [6.45, 7) is 7.27. The molecule has 1 N–H and O–H groups in total. The third-order valence-electron chi connectivity index (χ3n) is 2.03. The second-order valence-corrected chi connectivity index (χ2v) is 5.67. The molecule has 0 aromatic rings. The minimum atomic E-state index is -1.91. The average molecular weight is 285 g/mol. The van der Waals surface area contributed by atoms with E-state index in [4.69, 9.17) is 34.8 Å². The van der Waals surface area contributed by atoms with Gasteiger partial charge in [-0.05, 0) is 19.3 Å². The van der Waals surface area contributed by atoms with Crippen LogP contribution in [-0.4, -0.2) is 15.7 Å². The number of amides is 1. The SMILES string of the molecule is C=CCCCCC(C=C)NC(=O)C(Cl)(Cl)Cl. The molecule has 0 aliphatic rings. The molecule has 0 saturated carbocycles. The van der Waals surface area contributed by atoms with Crippen LogP contribution in [0.2, 0.25) is 0 Å². The normalized spacial score (nSPS) is 12.9. The van der Waals surface area contributed by atoms with E-state index in [1.807, 2.05) is 6.08 Å². The Morgan fingerprint density at radius 1 is 1.31 bits per heavy atom. The summed E-state index contributed by atoms with van der Waals surface area (Å²) in [5.41, 5.74) is 0. The molecule has 0 rings (SSSR count). The highest BCUT2D eigenvalue weighted by Gasteiger charge is 2.31. The third kappa shape index (κ3) is 7.15. The van der Waals surface area contributed by atoms with Gasteiger partial charge in [-0.15, -0.1) is 13.2 Å². The minimum Gasteiger partial charge on any atom is -0.346 e. The van der Waals surface area contributed by atoms with E-state index in [1.165, 1.54) is 0 Å². The second kappa shape index (κ2) is 7.99. The minimum absolute atomic E-state index is 0.159. The van der Waals surface area contributed by atoms with E-state index < -0.39 is 9.70 Å². The quantitative estimate of drug-likeness (QED) is 0.430. The monoisotopic (exact) mass is 283 g/mol. The van der Waals surface area contributed by atoms with Gasteiger partial charge in [0.25, 0.3) is 9.70 Å². The van der Waals surface area contributed by atoms with Crippen LogP contribution in [0.5, 0.6) is 0 Å². The lowest BCUT2D eigenvalue weighted by Crippen LogP contribution is -2.40. The van der Waals surface area contributed by atoms with Crippen molar-refractivity contribution in [3.8, 4) is 0 Å². The number of halogens is 3. The number of carbonyl (C=O) groups is 1. The Morgan fingerprint density at radius 3 is 2.38 bits per heavy atom. The largest absolute Gasteiger partial charge is 0.346 e. The van der Waals surface area contributed by atoms with Gasteiger partial charge in [-0.3, -0.25) is 4.79 Å². The van der Waals surface area contributed by atoms with Gasteiger partial charge in [0.1, 0.15) is 0 Å². The van der Waals surface area contributed by atoms with Crippen LogP contribution in [0.3, 0.4) is 0 Å². The Bertz CT molecular complexity index is 248. The molecule has 0 aliphatic heterocycles. The fourth-order valence-electron chi connectivity index (χ4n) is 1.15. The van der Waals surface area contributed by atoms with Crippen LogP contribution in [0.4, 0.5) is 0 Å². The zero-order valence-corrected chi connectivity index (χ0v) is 11.3. The smallest absolute Gasteiger partial charge is 0.272 e. The molecule has 0 aromatic heterocycles. The van der Waals surface area contributed by atoms with Gasteiger partial charge >= 0.3 is 0 Å². The van der Waals surface area contributed by atoms with E-state index in [9.17, 15) is 4.79 Å². The second-order valence-electron chi connectivity index (χ2n) is 3.39. The number of hydrogen-bond donors (Lipinski definition) is 1. The number of unbranched alkanes of at least 4 members (excludes halogenated alkanes) is 2. The lowest BCUT2D eigenvalue weighted by molar-refractivity contribution is -0.120. The average Bonchev–Trinajstić information content (AvgIpc) is 2.20. The van der Waals surface area contributed by atoms with Crippen molar-refractivity contribution < 1.29 is 4.79 Å². The van der Waals surface area contributed by atoms with E-state index in [0.717, 1.165) is 25.7 Å².